The van der Waals surface area contributed by atoms with Crippen LogP contribution in [0.2, 0.25) is 5.02 Å². The highest BCUT2D eigenvalue weighted by Gasteiger charge is 2.29. The predicted molar refractivity (Wildman–Crippen MR) is 85.1 cm³/mol. The summed E-state index contributed by atoms with van der Waals surface area (Å²) in [5.74, 6) is -0.567. The summed E-state index contributed by atoms with van der Waals surface area (Å²) in [5.41, 5.74) is 1.00. The van der Waals surface area contributed by atoms with E-state index in [9.17, 15) is 9.59 Å². The molecule has 2 unspecified atom stereocenters. The molecular weight excluding hydrogens is 304 g/mol. The van der Waals surface area contributed by atoms with Crippen molar-refractivity contribution in [1.29, 1.82) is 0 Å². The van der Waals surface area contributed by atoms with Crippen molar-refractivity contribution in [2.45, 2.75) is 51.7 Å². The topological polar surface area (TPSA) is 55.5 Å². The molecule has 1 saturated heterocycles. The third-order valence-corrected chi connectivity index (χ3v) is 4.64. The van der Waals surface area contributed by atoms with Gasteiger partial charge in [0.05, 0.1) is 5.52 Å². The highest BCUT2D eigenvalue weighted by molar-refractivity contribution is 6.31. The van der Waals surface area contributed by atoms with E-state index in [2.05, 4.69) is 13.8 Å². The number of nitrogens with zero attached hydrogens (tertiary/aromatic N) is 2. The van der Waals surface area contributed by atoms with E-state index in [0.717, 1.165) is 19.3 Å². The van der Waals surface area contributed by atoms with E-state index in [-0.39, 0.29) is 24.5 Å². The van der Waals surface area contributed by atoms with Crippen LogP contribution >= 0.6 is 11.6 Å². The minimum Gasteiger partial charge on any atom is -0.408 e. The van der Waals surface area contributed by atoms with Crippen molar-refractivity contribution < 1.29 is 9.21 Å². The summed E-state index contributed by atoms with van der Waals surface area (Å²) in [5, 5.41) is 0.498. The van der Waals surface area contributed by atoms with Gasteiger partial charge in [-0.05, 0) is 45.2 Å². The normalized spacial score (nSPS) is 22.2. The number of hydrogen-bond acceptors (Lipinski definition) is 3. The van der Waals surface area contributed by atoms with Crippen LogP contribution < -0.4 is 5.76 Å². The van der Waals surface area contributed by atoms with Crippen molar-refractivity contribution in [2.24, 2.45) is 0 Å². The lowest BCUT2D eigenvalue weighted by Gasteiger charge is -2.39. The molecule has 0 aliphatic carbocycles. The number of rotatable bonds is 2. The van der Waals surface area contributed by atoms with Gasteiger partial charge in [0.2, 0.25) is 5.91 Å². The van der Waals surface area contributed by atoms with Crippen LogP contribution in [0.15, 0.2) is 27.4 Å². The van der Waals surface area contributed by atoms with E-state index < -0.39 is 5.76 Å². The highest BCUT2D eigenvalue weighted by atomic mass is 35.5. The van der Waals surface area contributed by atoms with Crippen LogP contribution in [-0.4, -0.2) is 27.5 Å². The molecule has 1 aromatic heterocycles. The van der Waals surface area contributed by atoms with Crippen molar-refractivity contribution in [3.05, 3.63) is 33.8 Å². The van der Waals surface area contributed by atoms with Crippen LogP contribution in [-0.2, 0) is 11.3 Å². The van der Waals surface area contributed by atoms with E-state index in [1.165, 1.54) is 4.57 Å². The second kappa shape index (κ2) is 5.80. The molecule has 0 saturated carbocycles. The zero-order chi connectivity index (χ0) is 15.9. The van der Waals surface area contributed by atoms with Crippen molar-refractivity contribution in [1.82, 2.24) is 9.47 Å². The fourth-order valence-corrected chi connectivity index (χ4v) is 3.48. The quantitative estimate of drug-likeness (QED) is 0.854. The van der Waals surface area contributed by atoms with Crippen LogP contribution in [0.4, 0.5) is 0 Å². The summed E-state index contributed by atoms with van der Waals surface area (Å²) in [4.78, 5) is 26.6. The molecule has 0 spiro atoms. The number of halogens is 1. The third kappa shape index (κ3) is 2.65. The van der Waals surface area contributed by atoms with Gasteiger partial charge in [-0.15, -0.1) is 0 Å². The van der Waals surface area contributed by atoms with Crippen LogP contribution in [0, 0.1) is 0 Å². The zero-order valence-corrected chi connectivity index (χ0v) is 13.5. The molecule has 1 amide bonds. The first-order valence-corrected chi connectivity index (χ1v) is 7.95. The number of hydrogen-bond donors (Lipinski definition) is 0. The monoisotopic (exact) mass is 322 g/mol. The van der Waals surface area contributed by atoms with Crippen LogP contribution in [0.3, 0.4) is 0 Å². The van der Waals surface area contributed by atoms with E-state index in [0.29, 0.717) is 16.1 Å². The summed E-state index contributed by atoms with van der Waals surface area (Å²) in [6.45, 7) is 4.12. The Morgan fingerprint density at radius 1 is 1.32 bits per heavy atom. The van der Waals surface area contributed by atoms with Gasteiger partial charge in [0, 0.05) is 23.2 Å². The molecule has 0 N–H and O–H groups in total. The van der Waals surface area contributed by atoms with Gasteiger partial charge >= 0.3 is 5.76 Å². The Morgan fingerprint density at radius 3 is 2.68 bits per heavy atom. The Hall–Kier alpha value is -1.75. The van der Waals surface area contributed by atoms with Crippen molar-refractivity contribution in [2.75, 3.05) is 0 Å². The Morgan fingerprint density at radius 2 is 2.00 bits per heavy atom. The average molecular weight is 323 g/mol. The Labute approximate surface area is 133 Å². The fourth-order valence-electron chi connectivity index (χ4n) is 3.32. The lowest BCUT2D eigenvalue weighted by atomic mass is 9.97. The number of carbonyl (C=O) groups is 1. The largest absolute Gasteiger partial charge is 0.420 e. The molecule has 1 aliphatic rings. The number of amides is 1. The van der Waals surface area contributed by atoms with Gasteiger partial charge in [-0.25, -0.2) is 4.79 Å². The second-order valence-corrected chi connectivity index (χ2v) is 6.43. The van der Waals surface area contributed by atoms with Crippen LogP contribution in [0.5, 0.6) is 0 Å². The fraction of sp³-hybridized carbons (Fsp3) is 0.500. The molecule has 0 radical (unpaired) electrons. The summed E-state index contributed by atoms with van der Waals surface area (Å²) >= 11 is 5.90. The molecule has 1 fully saturated rings. The smallest absolute Gasteiger partial charge is 0.408 e. The summed E-state index contributed by atoms with van der Waals surface area (Å²) < 4.78 is 6.55. The second-order valence-electron chi connectivity index (χ2n) is 6.00. The van der Waals surface area contributed by atoms with Crippen molar-refractivity contribution in [3.63, 3.8) is 0 Å². The number of benzene rings is 1. The average Bonchev–Trinajstić information content (AvgIpc) is 2.74. The molecule has 6 heteroatoms. The van der Waals surface area contributed by atoms with Gasteiger partial charge in [0.1, 0.15) is 6.54 Å². The van der Waals surface area contributed by atoms with Gasteiger partial charge < -0.3 is 9.32 Å². The van der Waals surface area contributed by atoms with Gasteiger partial charge in [0.25, 0.3) is 0 Å². The molecule has 1 aliphatic heterocycles. The maximum atomic E-state index is 12.6. The molecule has 3 rings (SSSR count). The molecule has 5 nitrogen and oxygen atoms in total. The molecule has 2 atom stereocenters. The van der Waals surface area contributed by atoms with E-state index in [1.807, 2.05) is 4.90 Å². The van der Waals surface area contributed by atoms with Crippen LogP contribution in [0.25, 0.3) is 11.1 Å². The van der Waals surface area contributed by atoms with Gasteiger partial charge in [0.15, 0.2) is 5.58 Å². The molecular formula is C16H19ClN2O3. The van der Waals surface area contributed by atoms with Gasteiger partial charge in [-0.3, -0.25) is 9.36 Å². The minimum atomic E-state index is -0.525. The first-order chi connectivity index (χ1) is 10.5. The Kier molecular flexibility index (Phi) is 4.00. The number of likely N-dealkylation sites (tertiary alicyclic amines) is 1. The van der Waals surface area contributed by atoms with Crippen LogP contribution in [0.1, 0.15) is 33.1 Å². The first-order valence-electron chi connectivity index (χ1n) is 7.57. The SMILES string of the molecule is CC1CCCC(C)N1C(=O)Cn1c(=O)oc2cc(Cl)ccc21. The lowest BCUT2D eigenvalue weighted by Crippen LogP contribution is -2.49. The molecule has 22 heavy (non-hydrogen) atoms. The minimum absolute atomic E-state index is 0.00213. The lowest BCUT2D eigenvalue weighted by molar-refractivity contribution is -0.137. The molecule has 2 aromatic rings. The third-order valence-electron chi connectivity index (χ3n) is 4.41. The summed E-state index contributed by atoms with van der Waals surface area (Å²) in [6.07, 6.45) is 3.15. The van der Waals surface area contributed by atoms with E-state index >= 15 is 0 Å². The predicted octanol–water partition coefficient (Wildman–Crippen LogP) is 3.04. The number of carbonyl (C=O) groups excluding carboxylic acids is 1. The van der Waals surface area contributed by atoms with Crippen molar-refractivity contribution in [3.8, 4) is 0 Å². The number of piperidine rings is 1. The maximum absolute atomic E-state index is 12.6. The summed E-state index contributed by atoms with van der Waals surface area (Å²) in [6, 6.07) is 5.40. The zero-order valence-electron chi connectivity index (χ0n) is 12.7. The maximum Gasteiger partial charge on any atom is 0.420 e. The highest BCUT2D eigenvalue weighted by Crippen LogP contribution is 2.23. The van der Waals surface area contributed by atoms with Gasteiger partial charge in [-0.2, -0.15) is 0 Å². The number of fused-ring (bicyclic) bond motifs is 1. The van der Waals surface area contributed by atoms with E-state index in [1.54, 1.807) is 18.2 Å². The molecule has 0 bridgehead atoms. The standard InChI is InChI=1S/C16H19ClN2O3/c1-10-4-3-5-11(2)19(10)15(20)9-18-13-7-6-12(17)8-14(13)22-16(18)21/h6-8,10-11H,3-5,9H2,1-2H3. The molecule has 1 aromatic carbocycles. The van der Waals surface area contributed by atoms with E-state index in [4.69, 9.17) is 16.0 Å². The van der Waals surface area contributed by atoms with Gasteiger partial charge in [-0.1, -0.05) is 11.6 Å². The Bertz CT molecular complexity index is 754. The number of oxazole rings is 1. The Balaban J connectivity index is 1.91. The first kappa shape index (κ1) is 15.2. The van der Waals surface area contributed by atoms with Crippen molar-refractivity contribution >= 4 is 28.6 Å². The number of aromatic nitrogens is 1. The molecule has 118 valence electrons. The summed E-state index contributed by atoms with van der Waals surface area (Å²) in [7, 11) is 0. The molecule has 2 heterocycles.